The van der Waals surface area contributed by atoms with Gasteiger partial charge in [-0.25, -0.2) is 0 Å². The second-order valence-corrected chi connectivity index (χ2v) is 6.43. The van der Waals surface area contributed by atoms with E-state index in [9.17, 15) is 9.59 Å². The number of anilines is 2. The number of carbonyl (C=O) groups is 2. The topological polar surface area (TPSA) is 84.2 Å². The second-order valence-electron chi connectivity index (χ2n) is 6.43. The molecule has 4 N–H and O–H groups in total. The van der Waals surface area contributed by atoms with Crippen molar-refractivity contribution < 1.29 is 9.59 Å². The first-order valence-electron chi connectivity index (χ1n) is 8.70. The molecule has 6 heteroatoms. The molecule has 2 amide bonds. The number of carbonyl (C=O) groups excluding carboxylic acids is 2. The van der Waals surface area contributed by atoms with Gasteiger partial charge in [0.15, 0.2) is 0 Å². The van der Waals surface area contributed by atoms with Gasteiger partial charge in [-0.1, -0.05) is 31.4 Å². The molecular weight excluding hydrogens is 350 g/mol. The Hall–Kier alpha value is -2.53. The molecule has 1 aliphatic rings. The quantitative estimate of drug-likeness (QED) is 0.708. The molecule has 0 spiro atoms. The summed E-state index contributed by atoms with van der Waals surface area (Å²) in [6, 6.07) is 14.1. The van der Waals surface area contributed by atoms with Crippen molar-refractivity contribution in [2.24, 2.45) is 0 Å². The van der Waals surface area contributed by atoms with Gasteiger partial charge in [0.25, 0.3) is 11.8 Å². The van der Waals surface area contributed by atoms with Crippen LogP contribution in [0.2, 0.25) is 0 Å². The van der Waals surface area contributed by atoms with E-state index in [1.807, 2.05) is 0 Å². The predicted molar refractivity (Wildman–Crippen MR) is 107 cm³/mol. The van der Waals surface area contributed by atoms with Crippen LogP contribution in [0.25, 0.3) is 0 Å². The van der Waals surface area contributed by atoms with E-state index in [1.54, 1.807) is 48.5 Å². The maximum absolute atomic E-state index is 12.3. The van der Waals surface area contributed by atoms with E-state index in [0.29, 0.717) is 22.5 Å². The molecule has 0 radical (unpaired) electrons. The molecule has 0 bridgehead atoms. The van der Waals surface area contributed by atoms with Crippen LogP contribution >= 0.6 is 12.4 Å². The van der Waals surface area contributed by atoms with E-state index in [-0.39, 0.29) is 30.3 Å². The minimum absolute atomic E-state index is 0. The number of hydrogen-bond donors (Lipinski definition) is 3. The summed E-state index contributed by atoms with van der Waals surface area (Å²) in [6.07, 6.45) is 5.72. The number of para-hydroxylation sites is 1. The van der Waals surface area contributed by atoms with Crippen LogP contribution in [-0.4, -0.2) is 17.9 Å². The van der Waals surface area contributed by atoms with Crippen molar-refractivity contribution in [2.75, 3.05) is 11.1 Å². The van der Waals surface area contributed by atoms with E-state index in [4.69, 9.17) is 5.73 Å². The highest BCUT2D eigenvalue weighted by Crippen LogP contribution is 2.19. The molecule has 1 saturated carbocycles. The van der Waals surface area contributed by atoms with Crippen LogP contribution in [0.1, 0.15) is 52.8 Å². The van der Waals surface area contributed by atoms with Crippen molar-refractivity contribution in [2.45, 2.75) is 38.1 Å². The molecule has 138 valence electrons. The Bertz CT molecular complexity index is 756. The second kappa shape index (κ2) is 9.25. The summed E-state index contributed by atoms with van der Waals surface area (Å²) in [5.41, 5.74) is 7.91. The molecule has 1 fully saturated rings. The fourth-order valence-corrected chi connectivity index (χ4v) is 3.12. The number of nitrogen functional groups attached to an aromatic ring is 1. The van der Waals surface area contributed by atoms with Gasteiger partial charge in [-0.3, -0.25) is 9.59 Å². The zero-order valence-electron chi connectivity index (χ0n) is 14.5. The van der Waals surface area contributed by atoms with Crippen LogP contribution in [-0.2, 0) is 0 Å². The molecule has 5 nitrogen and oxygen atoms in total. The third kappa shape index (κ3) is 4.99. The molecule has 2 aromatic rings. The molecule has 0 unspecified atom stereocenters. The zero-order chi connectivity index (χ0) is 17.6. The molecule has 0 saturated heterocycles. The Kier molecular flexibility index (Phi) is 7.04. The Morgan fingerprint density at radius 2 is 1.54 bits per heavy atom. The molecule has 1 aliphatic carbocycles. The summed E-state index contributed by atoms with van der Waals surface area (Å²) < 4.78 is 0. The number of halogens is 1. The number of hydrogen-bond acceptors (Lipinski definition) is 3. The molecule has 0 aliphatic heterocycles. The SMILES string of the molecule is Cl.Nc1ccccc1C(=O)Nc1ccc(C(=O)NC2CCCCC2)cc1. The van der Waals surface area contributed by atoms with Crippen LogP contribution in [0.3, 0.4) is 0 Å². The van der Waals surface area contributed by atoms with Gasteiger partial charge in [-0.15, -0.1) is 12.4 Å². The lowest BCUT2D eigenvalue weighted by Gasteiger charge is -2.22. The van der Waals surface area contributed by atoms with Crippen molar-refractivity contribution in [3.05, 3.63) is 59.7 Å². The smallest absolute Gasteiger partial charge is 0.257 e. The lowest BCUT2D eigenvalue weighted by molar-refractivity contribution is 0.0927. The lowest BCUT2D eigenvalue weighted by Crippen LogP contribution is -2.36. The molecular formula is C20H24ClN3O2. The van der Waals surface area contributed by atoms with E-state index in [2.05, 4.69) is 10.6 Å². The van der Waals surface area contributed by atoms with E-state index >= 15 is 0 Å². The number of nitrogens with one attached hydrogen (secondary N) is 2. The largest absolute Gasteiger partial charge is 0.398 e. The Morgan fingerprint density at radius 1 is 0.885 bits per heavy atom. The Morgan fingerprint density at radius 3 is 2.19 bits per heavy atom. The van der Waals surface area contributed by atoms with Crippen molar-refractivity contribution in [3.63, 3.8) is 0 Å². The van der Waals surface area contributed by atoms with Gasteiger partial charge in [0.1, 0.15) is 0 Å². The van der Waals surface area contributed by atoms with Crippen LogP contribution in [0, 0.1) is 0 Å². The summed E-state index contributed by atoms with van der Waals surface area (Å²) in [5.74, 6) is -0.324. The first-order valence-corrected chi connectivity index (χ1v) is 8.70. The molecule has 26 heavy (non-hydrogen) atoms. The molecule has 0 heterocycles. The van der Waals surface area contributed by atoms with Gasteiger partial charge < -0.3 is 16.4 Å². The summed E-state index contributed by atoms with van der Waals surface area (Å²) in [7, 11) is 0. The summed E-state index contributed by atoms with van der Waals surface area (Å²) in [5, 5.41) is 5.88. The van der Waals surface area contributed by atoms with Crippen LogP contribution in [0.4, 0.5) is 11.4 Å². The summed E-state index contributed by atoms with van der Waals surface area (Å²) in [4.78, 5) is 24.5. The third-order valence-corrected chi connectivity index (χ3v) is 4.55. The van der Waals surface area contributed by atoms with Crippen molar-refractivity contribution in [3.8, 4) is 0 Å². The molecule has 0 atom stereocenters. The molecule has 0 aromatic heterocycles. The van der Waals surface area contributed by atoms with Crippen molar-refractivity contribution in [1.29, 1.82) is 0 Å². The number of amides is 2. The van der Waals surface area contributed by atoms with E-state index in [0.717, 1.165) is 12.8 Å². The zero-order valence-corrected chi connectivity index (χ0v) is 15.4. The van der Waals surface area contributed by atoms with Gasteiger partial charge in [0.05, 0.1) is 5.56 Å². The highest BCUT2D eigenvalue weighted by atomic mass is 35.5. The molecule has 3 rings (SSSR count). The highest BCUT2D eigenvalue weighted by Gasteiger charge is 2.16. The number of benzene rings is 2. The average Bonchev–Trinajstić information content (AvgIpc) is 2.63. The van der Waals surface area contributed by atoms with Gasteiger partial charge in [0.2, 0.25) is 0 Å². The van der Waals surface area contributed by atoms with E-state index < -0.39 is 0 Å². The van der Waals surface area contributed by atoms with Gasteiger partial charge >= 0.3 is 0 Å². The maximum Gasteiger partial charge on any atom is 0.257 e. The first-order chi connectivity index (χ1) is 12.1. The van der Waals surface area contributed by atoms with Crippen LogP contribution in [0.15, 0.2) is 48.5 Å². The monoisotopic (exact) mass is 373 g/mol. The summed E-state index contributed by atoms with van der Waals surface area (Å²) >= 11 is 0. The van der Waals surface area contributed by atoms with Crippen LogP contribution in [0.5, 0.6) is 0 Å². The van der Waals surface area contributed by atoms with E-state index in [1.165, 1.54) is 19.3 Å². The first kappa shape index (κ1) is 19.8. The lowest BCUT2D eigenvalue weighted by atomic mass is 9.95. The fraction of sp³-hybridized carbons (Fsp3) is 0.300. The predicted octanol–water partition coefficient (Wildman–Crippen LogP) is 4.01. The highest BCUT2D eigenvalue weighted by molar-refractivity contribution is 6.07. The van der Waals surface area contributed by atoms with Crippen molar-refractivity contribution in [1.82, 2.24) is 5.32 Å². The number of rotatable bonds is 4. The standard InChI is InChI=1S/C20H23N3O2.ClH/c21-18-9-5-4-8-17(18)20(25)23-16-12-10-14(11-13-16)19(24)22-15-6-2-1-3-7-15;/h4-5,8-13,15H,1-3,6-7,21H2,(H,22,24)(H,23,25);1H. The van der Waals surface area contributed by atoms with Crippen LogP contribution < -0.4 is 16.4 Å². The third-order valence-electron chi connectivity index (χ3n) is 4.55. The van der Waals surface area contributed by atoms with Gasteiger partial charge in [-0.05, 0) is 49.2 Å². The van der Waals surface area contributed by atoms with Gasteiger partial charge in [-0.2, -0.15) is 0 Å². The Labute approximate surface area is 159 Å². The van der Waals surface area contributed by atoms with Gasteiger partial charge in [0, 0.05) is 23.0 Å². The fourth-order valence-electron chi connectivity index (χ4n) is 3.12. The molecule has 2 aromatic carbocycles. The van der Waals surface area contributed by atoms with Crippen molar-refractivity contribution >= 4 is 35.6 Å². The average molecular weight is 374 g/mol. The summed E-state index contributed by atoms with van der Waals surface area (Å²) in [6.45, 7) is 0. The maximum atomic E-state index is 12.3. The number of nitrogens with two attached hydrogens (primary N) is 1. The normalized spacial score (nSPS) is 14.2. The Balaban J connectivity index is 0.00000243. The minimum Gasteiger partial charge on any atom is -0.398 e. The minimum atomic E-state index is -0.266.